The van der Waals surface area contributed by atoms with E-state index in [1.165, 1.54) is 42.1 Å². The second-order valence-corrected chi connectivity index (χ2v) is 5.77. The van der Waals surface area contributed by atoms with Gasteiger partial charge in [0.2, 0.25) is 0 Å². The van der Waals surface area contributed by atoms with Gasteiger partial charge in [-0.05, 0) is 31.2 Å². The molecule has 2 rings (SSSR count). The van der Waals surface area contributed by atoms with Crippen molar-refractivity contribution in [3.8, 4) is 5.75 Å². The molecule has 0 aromatic heterocycles. The summed E-state index contributed by atoms with van der Waals surface area (Å²) in [6, 6.07) is 9.87. The van der Waals surface area contributed by atoms with Crippen molar-refractivity contribution in [3.05, 3.63) is 68.3 Å². The number of aryl methyl sites for hydroxylation is 1. The first-order valence-corrected chi connectivity index (χ1v) is 7.68. The van der Waals surface area contributed by atoms with Crippen molar-refractivity contribution in [2.75, 3.05) is 5.75 Å². The zero-order chi connectivity index (χ0) is 17.7. The Morgan fingerprint density at radius 1 is 1.08 bits per heavy atom. The van der Waals surface area contributed by atoms with Crippen LogP contribution >= 0.6 is 11.8 Å². The molecule has 0 saturated heterocycles. The van der Waals surface area contributed by atoms with Crippen molar-refractivity contribution in [1.82, 2.24) is 0 Å². The zero-order valence-electron chi connectivity index (χ0n) is 12.5. The summed E-state index contributed by atoms with van der Waals surface area (Å²) in [6.45, 7) is 1.56. The Morgan fingerprint density at radius 2 is 1.75 bits per heavy atom. The lowest BCUT2D eigenvalue weighted by Crippen LogP contribution is -2.10. The maximum atomic E-state index is 11.8. The Hall–Kier alpha value is -2.94. The van der Waals surface area contributed by atoms with Gasteiger partial charge in [-0.25, -0.2) is 0 Å². The smallest absolute Gasteiger partial charge is 0.321 e. The summed E-state index contributed by atoms with van der Waals surface area (Å²) in [7, 11) is 0. The molecule has 8 nitrogen and oxygen atoms in total. The Morgan fingerprint density at radius 3 is 2.29 bits per heavy atom. The maximum absolute atomic E-state index is 11.8. The number of carbonyl (C=O) groups excluding carboxylic acids is 1. The number of thioether (sulfide) groups is 1. The Labute approximate surface area is 140 Å². The van der Waals surface area contributed by atoms with Crippen LogP contribution in [0.15, 0.2) is 47.4 Å². The topological polar surface area (TPSA) is 113 Å². The largest absolute Gasteiger partial charge is 0.426 e. The molecule has 0 aliphatic carbocycles. The van der Waals surface area contributed by atoms with E-state index in [-0.39, 0.29) is 22.9 Å². The summed E-state index contributed by atoms with van der Waals surface area (Å²) in [6.07, 6.45) is 0. The van der Waals surface area contributed by atoms with E-state index >= 15 is 0 Å². The number of hydrogen-bond donors (Lipinski definition) is 0. The highest BCUT2D eigenvalue weighted by Crippen LogP contribution is 2.25. The Balaban J connectivity index is 1.92. The van der Waals surface area contributed by atoms with Crippen molar-refractivity contribution >= 4 is 29.1 Å². The van der Waals surface area contributed by atoms with Crippen LogP contribution in [0, 0.1) is 27.2 Å². The highest BCUT2D eigenvalue weighted by molar-refractivity contribution is 8.00. The van der Waals surface area contributed by atoms with Crippen LogP contribution in [0.4, 0.5) is 11.4 Å². The fourth-order valence-corrected chi connectivity index (χ4v) is 2.54. The van der Waals surface area contributed by atoms with Gasteiger partial charge in [0.1, 0.15) is 5.75 Å². The standard InChI is InChI=1S/C15H12N2O6S/c1-10-8-12(4-7-14(10)17(21)22)23-15(18)9-24-13-5-2-11(3-6-13)16(19)20/h2-8H,9H2,1H3. The summed E-state index contributed by atoms with van der Waals surface area (Å²) < 4.78 is 5.12. The number of esters is 1. The zero-order valence-corrected chi connectivity index (χ0v) is 13.3. The second kappa shape index (κ2) is 7.55. The van der Waals surface area contributed by atoms with E-state index in [1.807, 2.05) is 0 Å². The molecule has 124 valence electrons. The second-order valence-electron chi connectivity index (χ2n) is 4.72. The van der Waals surface area contributed by atoms with Gasteiger partial charge in [-0.3, -0.25) is 25.0 Å². The first-order valence-electron chi connectivity index (χ1n) is 6.70. The molecule has 0 heterocycles. The number of carbonyl (C=O) groups is 1. The molecule has 0 unspecified atom stereocenters. The third kappa shape index (κ3) is 4.53. The molecule has 0 saturated carbocycles. The van der Waals surface area contributed by atoms with Crippen LogP contribution < -0.4 is 4.74 Å². The van der Waals surface area contributed by atoms with Crippen LogP contribution in [-0.4, -0.2) is 21.6 Å². The highest BCUT2D eigenvalue weighted by Gasteiger charge is 2.13. The number of non-ortho nitro benzene ring substituents is 1. The van der Waals surface area contributed by atoms with E-state index < -0.39 is 15.8 Å². The van der Waals surface area contributed by atoms with Crippen molar-refractivity contribution in [2.45, 2.75) is 11.8 Å². The van der Waals surface area contributed by atoms with Gasteiger partial charge < -0.3 is 4.74 Å². The van der Waals surface area contributed by atoms with Crippen molar-refractivity contribution < 1.29 is 19.4 Å². The molecule has 0 atom stereocenters. The molecule has 0 amide bonds. The summed E-state index contributed by atoms with van der Waals surface area (Å²) in [5.74, 6) is -0.285. The molecule has 9 heteroatoms. The van der Waals surface area contributed by atoms with Gasteiger partial charge in [-0.1, -0.05) is 0 Å². The van der Waals surface area contributed by atoms with Crippen LogP contribution in [0.2, 0.25) is 0 Å². The lowest BCUT2D eigenvalue weighted by atomic mass is 10.2. The number of rotatable bonds is 6. The van der Waals surface area contributed by atoms with Gasteiger partial charge in [0.15, 0.2) is 0 Å². The average molecular weight is 348 g/mol. The van der Waals surface area contributed by atoms with Crippen molar-refractivity contribution in [2.24, 2.45) is 0 Å². The third-order valence-electron chi connectivity index (χ3n) is 3.00. The normalized spacial score (nSPS) is 10.2. The van der Waals surface area contributed by atoms with Crippen LogP contribution in [0.5, 0.6) is 5.75 Å². The number of hydrogen-bond acceptors (Lipinski definition) is 7. The molecule has 0 fully saturated rings. The number of nitro benzene ring substituents is 2. The van der Waals surface area contributed by atoms with Crippen molar-refractivity contribution in [3.63, 3.8) is 0 Å². The number of nitrogens with zero attached hydrogens (tertiary/aromatic N) is 2. The molecule has 0 radical (unpaired) electrons. The molecule has 2 aromatic carbocycles. The Bertz CT molecular complexity index is 791. The summed E-state index contributed by atoms with van der Waals surface area (Å²) >= 11 is 1.18. The number of benzene rings is 2. The van der Waals surface area contributed by atoms with E-state index in [2.05, 4.69) is 0 Å². The third-order valence-corrected chi connectivity index (χ3v) is 3.99. The number of ether oxygens (including phenoxy) is 1. The van der Waals surface area contributed by atoms with E-state index in [9.17, 15) is 25.0 Å². The lowest BCUT2D eigenvalue weighted by molar-refractivity contribution is -0.385. The fourth-order valence-electron chi connectivity index (χ4n) is 1.86. The van der Waals surface area contributed by atoms with E-state index in [1.54, 1.807) is 19.1 Å². The van der Waals surface area contributed by atoms with Crippen LogP contribution in [0.1, 0.15) is 5.56 Å². The molecular weight excluding hydrogens is 336 g/mol. The van der Waals surface area contributed by atoms with Gasteiger partial charge in [0, 0.05) is 28.7 Å². The van der Waals surface area contributed by atoms with E-state index in [0.29, 0.717) is 10.5 Å². The summed E-state index contributed by atoms with van der Waals surface area (Å²) in [5, 5.41) is 21.3. The molecule has 0 bridgehead atoms. The molecule has 0 aliphatic rings. The minimum atomic E-state index is -0.522. The van der Waals surface area contributed by atoms with Crippen LogP contribution in [0.25, 0.3) is 0 Å². The molecular formula is C15H12N2O6S. The van der Waals surface area contributed by atoms with E-state index in [0.717, 1.165) is 0 Å². The summed E-state index contributed by atoms with van der Waals surface area (Å²) in [5.41, 5.74) is 0.326. The first kappa shape index (κ1) is 17.4. The minimum absolute atomic E-state index is 0.00778. The van der Waals surface area contributed by atoms with Gasteiger partial charge in [-0.2, -0.15) is 0 Å². The average Bonchev–Trinajstić information content (AvgIpc) is 2.53. The van der Waals surface area contributed by atoms with Gasteiger partial charge in [0.05, 0.1) is 15.6 Å². The molecule has 2 aromatic rings. The van der Waals surface area contributed by atoms with Crippen LogP contribution in [-0.2, 0) is 4.79 Å². The monoisotopic (exact) mass is 348 g/mol. The maximum Gasteiger partial charge on any atom is 0.321 e. The highest BCUT2D eigenvalue weighted by atomic mass is 32.2. The first-order chi connectivity index (χ1) is 11.4. The number of nitro groups is 2. The van der Waals surface area contributed by atoms with Crippen LogP contribution in [0.3, 0.4) is 0 Å². The predicted octanol–water partition coefficient (Wildman–Crippen LogP) is 3.51. The Kier molecular flexibility index (Phi) is 5.48. The fraction of sp³-hybridized carbons (Fsp3) is 0.133. The van der Waals surface area contributed by atoms with Gasteiger partial charge in [0.25, 0.3) is 11.4 Å². The van der Waals surface area contributed by atoms with Gasteiger partial charge in [-0.15, -0.1) is 11.8 Å². The molecule has 0 aliphatic heterocycles. The predicted molar refractivity (Wildman–Crippen MR) is 87.3 cm³/mol. The quantitative estimate of drug-likeness (QED) is 0.258. The molecule has 0 N–H and O–H groups in total. The van der Waals surface area contributed by atoms with E-state index in [4.69, 9.17) is 4.74 Å². The lowest BCUT2D eigenvalue weighted by Gasteiger charge is -2.05. The summed E-state index contributed by atoms with van der Waals surface area (Å²) in [4.78, 5) is 32.8. The van der Waals surface area contributed by atoms with Gasteiger partial charge >= 0.3 is 5.97 Å². The molecule has 24 heavy (non-hydrogen) atoms. The van der Waals surface area contributed by atoms with Crippen molar-refractivity contribution in [1.29, 1.82) is 0 Å². The molecule has 0 spiro atoms. The SMILES string of the molecule is Cc1cc(OC(=O)CSc2ccc([N+](=O)[O-])cc2)ccc1[N+](=O)[O-]. The minimum Gasteiger partial charge on any atom is -0.426 e.